The second kappa shape index (κ2) is 4.42. The van der Waals surface area contributed by atoms with Crippen molar-refractivity contribution in [1.82, 2.24) is 5.06 Å². The Hall–Kier alpha value is 0.528. The average Bonchev–Trinajstić information content (AvgIpc) is 1.83. The molecule has 1 aliphatic heterocycles. The fourth-order valence-corrected chi connectivity index (χ4v) is 1.02. The standard InChI is InChI=1S/C5H12N3O.Pt/c6-4-2-1-3-8(9)5(4)7;/h4-5H,1-3,6-7H2;. The van der Waals surface area contributed by atoms with Gasteiger partial charge in [0.25, 0.3) is 0 Å². The van der Waals surface area contributed by atoms with E-state index in [0.717, 1.165) is 17.9 Å². The van der Waals surface area contributed by atoms with E-state index in [0.29, 0.717) is 6.54 Å². The van der Waals surface area contributed by atoms with Crippen LogP contribution in [-0.2, 0) is 26.3 Å². The minimum Gasteiger partial charge on any atom is -0.325 e. The van der Waals surface area contributed by atoms with Crippen LogP contribution in [0.25, 0.3) is 0 Å². The summed E-state index contributed by atoms with van der Waals surface area (Å²) in [6, 6.07) is -0.128. The number of nitrogens with two attached hydrogens (primary N) is 2. The first-order valence-electron chi connectivity index (χ1n) is 3.17. The molecule has 1 radical (unpaired) electrons. The number of nitrogens with zero attached hydrogens (tertiary/aromatic N) is 1. The smallest absolute Gasteiger partial charge is 0.100 e. The summed E-state index contributed by atoms with van der Waals surface area (Å²) in [6.07, 6.45) is 1.27. The Morgan fingerprint density at radius 1 is 1.40 bits per heavy atom. The van der Waals surface area contributed by atoms with E-state index >= 15 is 0 Å². The first kappa shape index (κ1) is 10.5. The van der Waals surface area contributed by atoms with E-state index in [9.17, 15) is 5.21 Å². The number of hydrogen-bond donors (Lipinski definition) is 2. The zero-order valence-corrected chi connectivity index (χ0v) is 7.87. The van der Waals surface area contributed by atoms with Crippen molar-refractivity contribution in [3.63, 3.8) is 0 Å². The van der Waals surface area contributed by atoms with Gasteiger partial charge in [-0.2, -0.15) is 0 Å². The molecule has 0 aromatic heterocycles. The second-order valence-electron chi connectivity index (χ2n) is 2.44. The van der Waals surface area contributed by atoms with Gasteiger partial charge >= 0.3 is 0 Å². The second-order valence-corrected chi connectivity index (χ2v) is 2.44. The third-order valence-corrected chi connectivity index (χ3v) is 1.69. The number of piperidine rings is 1. The van der Waals surface area contributed by atoms with Gasteiger partial charge in [-0.3, -0.25) is 0 Å². The topological polar surface area (TPSA) is 75.2 Å². The van der Waals surface area contributed by atoms with Gasteiger partial charge in [-0.15, -0.1) is 10.3 Å². The first-order valence-corrected chi connectivity index (χ1v) is 3.17. The molecule has 10 heavy (non-hydrogen) atoms. The van der Waals surface area contributed by atoms with Gasteiger partial charge < -0.3 is 11.5 Å². The van der Waals surface area contributed by atoms with E-state index in [1.807, 2.05) is 0 Å². The number of rotatable bonds is 0. The molecule has 4 N–H and O–H groups in total. The van der Waals surface area contributed by atoms with Crippen LogP contribution in [0.3, 0.4) is 0 Å². The number of hydroxylamine groups is 2. The molecule has 0 spiro atoms. The molecule has 1 heterocycles. The van der Waals surface area contributed by atoms with Crippen LogP contribution in [0.15, 0.2) is 0 Å². The van der Waals surface area contributed by atoms with Gasteiger partial charge in [-0.05, 0) is 12.8 Å². The van der Waals surface area contributed by atoms with E-state index in [4.69, 9.17) is 11.5 Å². The molecule has 63 valence electrons. The van der Waals surface area contributed by atoms with E-state index in [1.54, 1.807) is 0 Å². The van der Waals surface area contributed by atoms with E-state index in [2.05, 4.69) is 0 Å². The summed E-state index contributed by atoms with van der Waals surface area (Å²) < 4.78 is 0. The van der Waals surface area contributed by atoms with Crippen molar-refractivity contribution in [3.8, 4) is 0 Å². The van der Waals surface area contributed by atoms with Crippen molar-refractivity contribution in [3.05, 3.63) is 0 Å². The fourth-order valence-electron chi connectivity index (χ4n) is 1.02. The summed E-state index contributed by atoms with van der Waals surface area (Å²) >= 11 is 0. The molecule has 0 aliphatic carbocycles. The predicted octanol–water partition coefficient (Wildman–Crippen LogP) is -0.963. The predicted molar refractivity (Wildman–Crippen MR) is 32.6 cm³/mol. The molecule has 1 saturated heterocycles. The van der Waals surface area contributed by atoms with Gasteiger partial charge in [0.2, 0.25) is 0 Å². The van der Waals surface area contributed by atoms with Gasteiger partial charge in [0.15, 0.2) is 0 Å². The van der Waals surface area contributed by atoms with Crippen LogP contribution in [0.5, 0.6) is 0 Å². The molecular formula is C5H12N3OPt. The summed E-state index contributed by atoms with van der Waals surface area (Å²) in [5, 5.41) is 11.6. The third kappa shape index (κ3) is 2.29. The molecule has 0 amide bonds. The van der Waals surface area contributed by atoms with Crippen molar-refractivity contribution in [2.45, 2.75) is 25.0 Å². The van der Waals surface area contributed by atoms with Crippen LogP contribution >= 0.6 is 0 Å². The average molecular weight is 325 g/mol. The Bertz CT molecular complexity index is 92.9. The summed E-state index contributed by atoms with van der Waals surface area (Å²) in [6.45, 7) is 0.537. The van der Waals surface area contributed by atoms with Crippen LogP contribution < -0.4 is 11.5 Å². The summed E-state index contributed by atoms with van der Waals surface area (Å²) in [5.74, 6) is 0. The number of hydrogen-bond acceptors (Lipinski definition) is 3. The van der Waals surface area contributed by atoms with Crippen molar-refractivity contribution in [1.29, 1.82) is 0 Å². The van der Waals surface area contributed by atoms with Crippen LogP contribution in [-0.4, -0.2) is 23.8 Å². The van der Waals surface area contributed by atoms with Gasteiger partial charge in [-0.1, -0.05) is 0 Å². The van der Waals surface area contributed by atoms with Crippen molar-refractivity contribution >= 4 is 0 Å². The van der Waals surface area contributed by atoms with Crippen molar-refractivity contribution in [2.75, 3.05) is 6.54 Å². The van der Waals surface area contributed by atoms with E-state index in [-0.39, 0.29) is 27.1 Å². The molecule has 0 aromatic rings. The molecule has 1 rings (SSSR count). The Kier molecular flexibility index (Phi) is 4.65. The van der Waals surface area contributed by atoms with Gasteiger partial charge in [0.05, 0.1) is 0 Å². The van der Waals surface area contributed by atoms with Gasteiger partial charge in [0.1, 0.15) is 6.17 Å². The zero-order valence-electron chi connectivity index (χ0n) is 5.60. The monoisotopic (exact) mass is 325 g/mol. The van der Waals surface area contributed by atoms with Gasteiger partial charge in [0, 0.05) is 33.7 Å². The Morgan fingerprint density at radius 2 is 2.00 bits per heavy atom. The molecule has 1 fully saturated rings. The molecule has 2 atom stereocenters. The minimum absolute atomic E-state index is 0. The molecular weight excluding hydrogens is 313 g/mol. The fraction of sp³-hybridized carbons (Fsp3) is 1.00. The maximum atomic E-state index is 10.7. The molecule has 2 unspecified atom stereocenters. The van der Waals surface area contributed by atoms with Crippen molar-refractivity contribution < 1.29 is 26.3 Å². The molecule has 5 heteroatoms. The van der Waals surface area contributed by atoms with E-state index < -0.39 is 6.17 Å². The van der Waals surface area contributed by atoms with Crippen LogP contribution in [0.4, 0.5) is 0 Å². The van der Waals surface area contributed by atoms with Crippen molar-refractivity contribution in [2.24, 2.45) is 11.5 Å². The Labute approximate surface area is 74.8 Å². The van der Waals surface area contributed by atoms with E-state index in [1.165, 1.54) is 0 Å². The third-order valence-electron chi connectivity index (χ3n) is 1.69. The summed E-state index contributed by atoms with van der Waals surface area (Å²) in [4.78, 5) is 0. The zero-order chi connectivity index (χ0) is 6.85. The normalized spacial score (nSPS) is 35.1. The van der Waals surface area contributed by atoms with Crippen LogP contribution in [0.2, 0.25) is 0 Å². The Balaban J connectivity index is 0.000000810. The molecule has 0 aromatic carbocycles. The van der Waals surface area contributed by atoms with Gasteiger partial charge in [-0.25, -0.2) is 0 Å². The Morgan fingerprint density at radius 3 is 2.40 bits per heavy atom. The quantitative estimate of drug-likeness (QED) is 0.602. The van der Waals surface area contributed by atoms with Crippen LogP contribution in [0.1, 0.15) is 12.8 Å². The maximum absolute atomic E-state index is 10.7. The SMILES string of the molecule is NC1CCCN([O])C1N.[Pt]. The molecule has 1 aliphatic rings. The maximum Gasteiger partial charge on any atom is 0.100 e. The molecule has 4 nitrogen and oxygen atoms in total. The molecule has 0 saturated carbocycles. The summed E-state index contributed by atoms with van der Waals surface area (Å²) in [5.41, 5.74) is 10.9. The molecule has 0 bridgehead atoms. The largest absolute Gasteiger partial charge is 0.325 e. The first-order chi connectivity index (χ1) is 4.22. The van der Waals surface area contributed by atoms with Crippen LogP contribution in [0, 0.1) is 0 Å². The summed E-state index contributed by atoms with van der Waals surface area (Å²) in [7, 11) is 0. The minimum atomic E-state index is -0.473.